The van der Waals surface area contributed by atoms with E-state index >= 15 is 0 Å². The first-order chi connectivity index (χ1) is 21.4. The number of hydrogen-bond acceptors (Lipinski definition) is 7. The van der Waals surface area contributed by atoms with E-state index in [2.05, 4.69) is 6.92 Å². The molecule has 256 valence electrons. The summed E-state index contributed by atoms with van der Waals surface area (Å²) in [6, 6.07) is 0. The molecule has 0 aromatic rings. The van der Waals surface area contributed by atoms with Gasteiger partial charge >= 0.3 is 5.97 Å². The SMILES string of the molecule is CCCCCCCCCC[C@@H](O)[C@H]1CC[C@H]([C@H]2CC[C@@H]([C@H](O)CCCCCCCCCC[C@@H]3C[C@@H](CC(C)=O)C(=O)O3)O2)O1. The van der Waals surface area contributed by atoms with Gasteiger partial charge in [-0.1, -0.05) is 103 Å². The van der Waals surface area contributed by atoms with Crippen molar-refractivity contribution in [3.05, 3.63) is 0 Å². The standard InChI is InChI=1S/C37H66O7/c1-3-4-5-6-7-11-14-17-20-31(39)33-22-24-35(43-33)36-25-23-34(44-36)32(40)21-18-15-12-9-8-10-13-16-19-30-27-29(26-28(2)38)37(41)42-30/h29-36,39-40H,3-27H2,1-2H3/t29-,30-,31-,32-,33-,34+,35-,36-/m1/s1. The minimum atomic E-state index is -0.399. The molecule has 0 spiro atoms. The number of carbonyl (C=O) groups is 2. The van der Waals surface area contributed by atoms with Crippen molar-refractivity contribution < 1.29 is 34.0 Å². The van der Waals surface area contributed by atoms with Crippen LogP contribution in [0.25, 0.3) is 0 Å². The molecule has 0 aromatic carbocycles. The average molecular weight is 623 g/mol. The Balaban J connectivity index is 1.13. The molecular formula is C37H66O7. The van der Waals surface area contributed by atoms with Crippen molar-refractivity contribution in [3.63, 3.8) is 0 Å². The Labute approximate surface area is 268 Å². The van der Waals surface area contributed by atoms with Gasteiger partial charge in [0, 0.05) is 6.42 Å². The van der Waals surface area contributed by atoms with Crippen LogP contribution in [-0.2, 0) is 23.8 Å². The van der Waals surface area contributed by atoms with Crippen molar-refractivity contribution in [1.82, 2.24) is 0 Å². The summed E-state index contributed by atoms with van der Waals surface area (Å²) in [5.74, 6) is -0.348. The monoisotopic (exact) mass is 622 g/mol. The highest BCUT2D eigenvalue weighted by Gasteiger charge is 2.40. The number of carbonyl (C=O) groups excluding carboxylic acids is 2. The average Bonchev–Trinajstić information content (AvgIpc) is 3.75. The second-order valence-electron chi connectivity index (χ2n) is 14.3. The van der Waals surface area contributed by atoms with Gasteiger partial charge in [-0.05, 0) is 64.7 Å². The lowest BCUT2D eigenvalue weighted by molar-refractivity contribution is -0.145. The normalized spacial score (nSPS) is 28.4. The topological polar surface area (TPSA) is 102 Å². The maximum absolute atomic E-state index is 11.9. The molecule has 2 N–H and O–H groups in total. The fourth-order valence-electron chi connectivity index (χ4n) is 7.55. The molecule has 7 nitrogen and oxygen atoms in total. The molecule has 44 heavy (non-hydrogen) atoms. The molecule has 0 saturated carbocycles. The minimum absolute atomic E-state index is 0.00211. The summed E-state index contributed by atoms with van der Waals surface area (Å²) in [6.07, 6.45) is 26.0. The van der Waals surface area contributed by atoms with E-state index in [4.69, 9.17) is 14.2 Å². The van der Waals surface area contributed by atoms with Crippen LogP contribution in [0.1, 0.15) is 174 Å². The van der Waals surface area contributed by atoms with Gasteiger partial charge < -0.3 is 29.2 Å². The van der Waals surface area contributed by atoms with Crippen LogP contribution in [0.5, 0.6) is 0 Å². The number of aliphatic hydroxyl groups is 2. The van der Waals surface area contributed by atoms with Gasteiger partial charge in [-0.25, -0.2) is 0 Å². The van der Waals surface area contributed by atoms with Gasteiger partial charge in [0.25, 0.3) is 0 Å². The number of rotatable bonds is 25. The van der Waals surface area contributed by atoms with E-state index in [0.29, 0.717) is 12.8 Å². The molecule has 3 fully saturated rings. The maximum Gasteiger partial charge on any atom is 0.309 e. The van der Waals surface area contributed by atoms with E-state index in [-0.39, 0.29) is 54.3 Å². The number of unbranched alkanes of at least 4 members (excludes halogenated alkanes) is 14. The molecule has 0 amide bonds. The van der Waals surface area contributed by atoms with Gasteiger partial charge in [-0.15, -0.1) is 0 Å². The lowest BCUT2D eigenvalue weighted by Gasteiger charge is -2.24. The third kappa shape index (κ3) is 14.2. The summed E-state index contributed by atoms with van der Waals surface area (Å²) in [6.45, 7) is 3.79. The Morgan fingerprint density at radius 3 is 1.64 bits per heavy atom. The van der Waals surface area contributed by atoms with Crippen molar-refractivity contribution in [2.45, 2.75) is 217 Å². The fraction of sp³-hybridized carbons (Fsp3) is 0.946. The van der Waals surface area contributed by atoms with Gasteiger partial charge in [0.05, 0.1) is 42.5 Å². The zero-order valence-electron chi connectivity index (χ0n) is 28.2. The Bertz CT molecular complexity index is 788. The van der Waals surface area contributed by atoms with Gasteiger partial charge in [0.1, 0.15) is 11.9 Å². The number of ketones is 1. The zero-order valence-corrected chi connectivity index (χ0v) is 28.2. The summed E-state index contributed by atoms with van der Waals surface area (Å²) >= 11 is 0. The van der Waals surface area contributed by atoms with Crippen molar-refractivity contribution in [2.24, 2.45) is 5.92 Å². The Hall–Kier alpha value is -1.02. The van der Waals surface area contributed by atoms with Crippen LogP contribution in [-0.4, -0.2) is 64.7 Å². The second kappa shape index (κ2) is 21.7. The first kappa shape index (κ1) is 37.4. The molecule has 3 rings (SSSR count). The van der Waals surface area contributed by atoms with E-state index in [1.165, 1.54) is 77.6 Å². The molecule has 3 aliphatic heterocycles. The Morgan fingerprint density at radius 2 is 1.16 bits per heavy atom. The fourth-order valence-corrected chi connectivity index (χ4v) is 7.55. The highest BCUT2D eigenvalue weighted by atomic mass is 16.6. The Morgan fingerprint density at radius 1 is 0.705 bits per heavy atom. The van der Waals surface area contributed by atoms with Crippen molar-refractivity contribution in [2.75, 3.05) is 0 Å². The van der Waals surface area contributed by atoms with E-state index in [0.717, 1.165) is 77.0 Å². The number of cyclic esters (lactones) is 1. The van der Waals surface area contributed by atoms with E-state index in [1.807, 2.05) is 0 Å². The molecule has 3 saturated heterocycles. The third-order valence-electron chi connectivity index (χ3n) is 10.3. The first-order valence-electron chi connectivity index (χ1n) is 18.7. The smallest absolute Gasteiger partial charge is 0.309 e. The van der Waals surface area contributed by atoms with Crippen molar-refractivity contribution >= 4 is 11.8 Å². The van der Waals surface area contributed by atoms with E-state index < -0.39 is 6.10 Å². The van der Waals surface area contributed by atoms with E-state index in [1.54, 1.807) is 0 Å². The summed E-state index contributed by atoms with van der Waals surface area (Å²) in [5.41, 5.74) is 0. The van der Waals surface area contributed by atoms with Crippen LogP contribution in [0.4, 0.5) is 0 Å². The molecule has 3 aliphatic rings. The van der Waals surface area contributed by atoms with Crippen LogP contribution >= 0.6 is 0 Å². The molecule has 3 heterocycles. The highest BCUT2D eigenvalue weighted by Crippen LogP contribution is 2.35. The summed E-state index contributed by atoms with van der Waals surface area (Å²) in [5, 5.41) is 21.4. The molecule has 0 unspecified atom stereocenters. The minimum Gasteiger partial charge on any atom is -0.462 e. The predicted molar refractivity (Wildman–Crippen MR) is 174 cm³/mol. The number of ether oxygens (including phenoxy) is 3. The van der Waals surface area contributed by atoms with Gasteiger partial charge in [0.2, 0.25) is 0 Å². The molecule has 0 bridgehead atoms. The summed E-state index contributed by atoms with van der Waals surface area (Å²) < 4.78 is 18.0. The van der Waals surface area contributed by atoms with E-state index in [9.17, 15) is 19.8 Å². The molecular weight excluding hydrogens is 556 g/mol. The van der Waals surface area contributed by atoms with Crippen LogP contribution in [0, 0.1) is 5.92 Å². The Kier molecular flexibility index (Phi) is 18.5. The number of aliphatic hydroxyl groups excluding tert-OH is 2. The molecule has 8 atom stereocenters. The zero-order chi connectivity index (χ0) is 31.6. The molecule has 0 radical (unpaired) electrons. The lowest BCUT2D eigenvalue weighted by Crippen LogP contribution is -2.33. The quantitative estimate of drug-likeness (QED) is 0.0782. The number of hydrogen-bond donors (Lipinski definition) is 2. The van der Waals surface area contributed by atoms with Crippen LogP contribution in [0.2, 0.25) is 0 Å². The largest absolute Gasteiger partial charge is 0.462 e. The van der Waals surface area contributed by atoms with Crippen molar-refractivity contribution in [3.8, 4) is 0 Å². The van der Waals surface area contributed by atoms with Crippen LogP contribution < -0.4 is 0 Å². The first-order valence-corrected chi connectivity index (χ1v) is 18.7. The van der Waals surface area contributed by atoms with Crippen LogP contribution in [0.3, 0.4) is 0 Å². The summed E-state index contributed by atoms with van der Waals surface area (Å²) in [7, 11) is 0. The van der Waals surface area contributed by atoms with Gasteiger partial charge in [-0.3, -0.25) is 4.79 Å². The molecule has 0 aliphatic carbocycles. The van der Waals surface area contributed by atoms with Gasteiger partial charge in [-0.2, -0.15) is 0 Å². The van der Waals surface area contributed by atoms with Crippen LogP contribution in [0.15, 0.2) is 0 Å². The highest BCUT2D eigenvalue weighted by molar-refractivity contribution is 5.83. The number of esters is 1. The summed E-state index contributed by atoms with van der Waals surface area (Å²) in [4.78, 5) is 23.1. The van der Waals surface area contributed by atoms with Gasteiger partial charge in [0.15, 0.2) is 0 Å². The number of Topliss-reactive ketones (excluding diaryl/α,β-unsaturated/α-hetero) is 1. The third-order valence-corrected chi connectivity index (χ3v) is 10.3. The lowest BCUT2D eigenvalue weighted by atomic mass is 9.96. The molecule has 0 aromatic heterocycles. The van der Waals surface area contributed by atoms with Crippen molar-refractivity contribution in [1.29, 1.82) is 0 Å². The predicted octanol–water partition coefficient (Wildman–Crippen LogP) is 8.15. The molecule has 7 heteroatoms. The second-order valence-corrected chi connectivity index (χ2v) is 14.3. The maximum atomic E-state index is 11.9.